The molecule has 0 bridgehead atoms. The second-order valence-corrected chi connectivity index (χ2v) is 11.0. The van der Waals surface area contributed by atoms with Crippen LogP contribution in [0.2, 0.25) is 5.02 Å². The molecule has 3 rings (SSSR count). The lowest BCUT2D eigenvalue weighted by molar-refractivity contribution is -0.139. The van der Waals surface area contributed by atoms with Crippen molar-refractivity contribution in [3.8, 4) is 5.75 Å². The number of likely N-dealkylation sites (N-methyl/N-ethyl adjacent to an activating group) is 1. The van der Waals surface area contributed by atoms with Crippen LogP contribution in [-0.4, -0.2) is 57.9 Å². The second kappa shape index (κ2) is 14.0. The molecule has 0 spiro atoms. The summed E-state index contributed by atoms with van der Waals surface area (Å²) in [6, 6.07) is 21.2. The van der Waals surface area contributed by atoms with Gasteiger partial charge in [0.1, 0.15) is 18.3 Å². The zero-order valence-electron chi connectivity index (χ0n) is 22.3. The summed E-state index contributed by atoms with van der Waals surface area (Å²) in [6.07, 6.45) is 0.860. The Balaban J connectivity index is 2.05. The molecule has 0 heterocycles. The summed E-state index contributed by atoms with van der Waals surface area (Å²) in [5.41, 5.74) is 1.22. The molecule has 0 saturated heterocycles. The van der Waals surface area contributed by atoms with E-state index in [2.05, 4.69) is 5.32 Å². The maximum Gasteiger partial charge on any atom is 0.264 e. The predicted molar refractivity (Wildman–Crippen MR) is 154 cm³/mol. The number of hydrogen-bond acceptors (Lipinski definition) is 5. The van der Waals surface area contributed by atoms with Crippen LogP contribution in [-0.2, 0) is 26.0 Å². The molecule has 0 fully saturated rings. The van der Waals surface area contributed by atoms with E-state index in [0.29, 0.717) is 30.2 Å². The Labute approximate surface area is 235 Å². The van der Waals surface area contributed by atoms with Crippen molar-refractivity contribution in [2.45, 2.75) is 37.6 Å². The Morgan fingerprint density at radius 1 is 0.949 bits per heavy atom. The zero-order valence-corrected chi connectivity index (χ0v) is 23.9. The van der Waals surface area contributed by atoms with E-state index < -0.39 is 28.5 Å². The van der Waals surface area contributed by atoms with Gasteiger partial charge in [0, 0.05) is 18.6 Å². The van der Waals surface area contributed by atoms with Crippen molar-refractivity contribution in [3.63, 3.8) is 0 Å². The van der Waals surface area contributed by atoms with Gasteiger partial charge in [-0.15, -0.1) is 0 Å². The Kier molecular flexibility index (Phi) is 10.8. The third kappa shape index (κ3) is 7.52. The summed E-state index contributed by atoms with van der Waals surface area (Å²) in [5, 5.41) is 3.01. The minimum Gasteiger partial charge on any atom is -0.492 e. The van der Waals surface area contributed by atoms with Gasteiger partial charge in [-0.1, -0.05) is 61.0 Å². The van der Waals surface area contributed by atoms with Crippen LogP contribution in [0.1, 0.15) is 25.8 Å². The molecule has 0 aromatic heterocycles. The maximum absolute atomic E-state index is 13.9. The van der Waals surface area contributed by atoms with E-state index in [4.69, 9.17) is 16.3 Å². The molecule has 10 heteroatoms. The van der Waals surface area contributed by atoms with E-state index >= 15 is 0 Å². The fourth-order valence-electron chi connectivity index (χ4n) is 4.25. The van der Waals surface area contributed by atoms with Crippen LogP contribution in [0.5, 0.6) is 5.75 Å². The molecule has 0 aliphatic rings. The van der Waals surface area contributed by atoms with Gasteiger partial charge in [0.05, 0.1) is 17.2 Å². The lowest BCUT2D eigenvalue weighted by Gasteiger charge is -2.33. The number of ether oxygens (including phenoxy) is 1. The largest absolute Gasteiger partial charge is 0.492 e. The molecule has 0 unspecified atom stereocenters. The number of para-hydroxylation sites is 2. The summed E-state index contributed by atoms with van der Waals surface area (Å²) < 4.78 is 34.7. The third-order valence-electron chi connectivity index (χ3n) is 6.23. The van der Waals surface area contributed by atoms with Crippen LogP contribution in [0.25, 0.3) is 0 Å². The number of sulfonamides is 1. The second-order valence-electron chi connectivity index (χ2n) is 8.73. The van der Waals surface area contributed by atoms with Gasteiger partial charge < -0.3 is 15.0 Å². The molecule has 8 nitrogen and oxygen atoms in total. The summed E-state index contributed by atoms with van der Waals surface area (Å²) >= 11 is 6.00. The monoisotopic (exact) mass is 571 g/mol. The highest BCUT2D eigenvalue weighted by Gasteiger charge is 2.34. The van der Waals surface area contributed by atoms with Gasteiger partial charge >= 0.3 is 0 Å². The number of benzene rings is 3. The van der Waals surface area contributed by atoms with Crippen LogP contribution in [0.4, 0.5) is 5.69 Å². The SMILES string of the molecule is CCOc1ccccc1N(CC(=O)N(CCc1ccccc1)[C@@H](CC)C(=O)NC)S(=O)(=O)c1ccc(Cl)cc1. The smallest absolute Gasteiger partial charge is 0.264 e. The van der Waals surface area contributed by atoms with Gasteiger partial charge in [-0.3, -0.25) is 13.9 Å². The fourth-order valence-corrected chi connectivity index (χ4v) is 5.80. The first-order valence-electron chi connectivity index (χ1n) is 12.8. The minimum absolute atomic E-state index is 0.0276. The molecule has 0 saturated carbocycles. The molecule has 0 aliphatic heterocycles. The first-order chi connectivity index (χ1) is 18.7. The van der Waals surface area contributed by atoms with E-state index in [1.807, 2.05) is 37.3 Å². The highest BCUT2D eigenvalue weighted by atomic mass is 35.5. The minimum atomic E-state index is -4.22. The molecule has 3 aromatic rings. The van der Waals surface area contributed by atoms with Crippen LogP contribution < -0.4 is 14.4 Å². The van der Waals surface area contributed by atoms with Crippen LogP contribution in [0.3, 0.4) is 0 Å². The topological polar surface area (TPSA) is 96.0 Å². The van der Waals surface area contributed by atoms with Gasteiger partial charge in [0.15, 0.2) is 0 Å². The predicted octanol–water partition coefficient (Wildman–Crippen LogP) is 4.53. The summed E-state index contributed by atoms with van der Waals surface area (Å²) in [7, 11) is -2.70. The molecule has 2 amide bonds. The van der Waals surface area contributed by atoms with E-state index in [9.17, 15) is 18.0 Å². The number of rotatable bonds is 13. The van der Waals surface area contributed by atoms with E-state index in [-0.39, 0.29) is 23.0 Å². The normalized spacial score (nSPS) is 11.9. The van der Waals surface area contributed by atoms with E-state index in [0.717, 1.165) is 9.87 Å². The van der Waals surface area contributed by atoms with Gasteiger partial charge in [0.25, 0.3) is 10.0 Å². The van der Waals surface area contributed by atoms with Crippen molar-refractivity contribution in [1.29, 1.82) is 0 Å². The first-order valence-corrected chi connectivity index (χ1v) is 14.6. The first kappa shape index (κ1) is 30.0. The van der Waals surface area contributed by atoms with Crippen molar-refractivity contribution in [3.05, 3.63) is 89.4 Å². The van der Waals surface area contributed by atoms with Crippen LogP contribution >= 0.6 is 11.6 Å². The number of amides is 2. The summed E-state index contributed by atoms with van der Waals surface area (Å²) in [6.45, 7) is 3.61. The number of carbonyl (C=O) groups excluding carboxylic acids is 2. The third-order valence-corrected chi connectivity index (χ3v) is 8.26. The molecule has 39 heavy (non-hydrogen) atoms. The van der Waals surface area contributed by atoms with Crippen molar-refractivity contribution < 1.29 is 22.7 Å². The van der Waals surface area contributed by atoms with Gasteiger partial charge in [-0.05, 0) is 61.7 Å². The van der Waals surface area contributed by atoms with Gasteiger partial charge in [-0.25, -0.2) is 8.42 Å². The van der Waals surface area contributed by atoms with Crippen LogP contribution in [0, 0.1) is 0 Å². The zero-order chi connectivity index (χ0) is 28.4. The maximum atomic E-state index is 13.9. The molecule has 1 N–H and O–H groups in total. The average Bonchev–Trinajstić information content (AvgIpc) is 2.94. The van der Waals surface area contributed by atoms with Crippen molar-refractivity contribution >= 4 is 39.1 Å². The van der Waals surface area contributed by atoms with Gasteiger partial charge in [-0.2, -0.15) is 0 Å². The number of anilines is 1. The lowest BCUT2D eigenvalue weighted by atomic mass is 10.1. The van der Waals surface area contributed by atoms with Crippen molar-refractivity contribution in [1.82, 2.24) is 10.2 Å². The lowest BCUT2D eigenvalue weighted by Crippen LogP contribution is -2.52. The number of carbonyl (C=O) groups is 2. The van der Waals surface area contributed by atoms with Crippen molar-refractivity contribution in [2.24, 2.45) is 0 Å². The average molecular weight is 572 g/mol. The summed E-state index contributed by atoms with van der Waals surface area (Å²) in [5.74, 6) is -0.509. The quantitative estimate of drug-likeness (QED) is 0.325. The molecular weight excluding hydrogens is 538 g/mol. The van der Waals surface area contributed by atoms with E-state index in [1.54, 1.807) is 31.2 Å². The standard InChI is InChI=1S/C29H34ClN3O5S/c1-4-25(29(35)31-3)32(20-19-22-11-7-6-8-12-22)28(34)21-33(26-13-9-10-14-27(26)38-5-2)39(36,37)24-17-15-23(30)16-18-24/h6-18,25H,4-5,19-21H2,1-3H3,(H,31,35)/t25-/m0/s1. The van der Waals surface area contributed by atoms with E-state index in [1.165, 1.54) is 36.2 Å². The molecule has 0 aliphatic carbocycles. The summed E-state index contributed by atoms with van der Waals surface area (Å²) in [4.78, 5) is 28.2. The number of nitrogens with zero attached hydrogens (tertiary/aromatic N) is 2. The number of hydrogen-bond donors (Lipinski definition) is 1. The van der Waals surface area contributed by atoms with Gasteiger partial charge in [0.2, 0.25) is 11.8 Å². The Morgan fingerprint density at radius 3 is 2.21 bits per heavy atom. The molecule has 1 atom stereocenters. The fraction of sp³-hybridized carbons (Fsp3) is 0.310. The highest BCUT2D eigenvalue weighted by Crippen LogP contribution is 2.33. The van der Waals surface area contributed by atoms with Crippen LogP contribution in [0.15, 0.2) is 83.8 Å². The molecular formula is C29H34ClN3O5S. The Morgan fingerprint density at radius 2 is 1.59 bits per heavy atom. The highest BCUT2D eigenvalue weighted by molar-refractivity contribution is 7.92. The number of nitrogens with one attached hydrogen (secondary N) is 1. The Bertz CT molecular complexity index is 1350. The van der Waals surface area contributed by atoms with Crippen molar-refractivity contribution in [2.75, 3.05) is 31.0 Å². The molecule has 0 radical (unpaired) electrons. The molecule has 208 valence electrons. The molecule has 3 aromatic carbocycles. The number of halogens is 1. The Hall–Kier alpha value is -3.56.